The van der Waals surface area contributed by atoms with Crippen LogP contribution in [0.3, 0.4) is 0 Å². The second kappa shape index (κ2) is 10.4. The van der Waals surface area contributed by atoms with Crippen molar-refractivity contribution in [2.24, 2.45) is 5.92 Å². The van der Waals surface area contributed by atoms with Crippen molar-refractivity contribution in [2.45, 2.75) is 88.5 Å². The summed E-state index contributed by atoms with van der Waals surface area (Å²) in [4.78, 5) is 0. The number of hydrogen-bond donors (Lipinski definition) is 1. The lowest BCUT2D eigenvalue weighted by molar-refractivity contribution is 0.351. The topological polar surface area (TPSA) is 12.0 Å². The second-order valence-corrected chi connectivity index (χ2v) is 9.27. The Morgan fingerprint density at radius 3 is 2.45 bits per heavy atom. The highest BCUT2D eigenvalue weighted by atomic mass is 32.2. The molecule has 0 spiro atoms. The van der Waals surface area contributed by atoms with Gasteiger partial charge in [0.2, 0.25) is 0 Å². The van der Waals surface area contributed by atoms with Crippen molar-refractivity contribution in [3.8, 4) is 0 Å². The van der Waals surface area contributed by atoms with E-state index in [2.05, 4.69) is 63.5 Å². The molecule has 0 bridgehead atoms. The third-order valence-electron chi connectivity index (χ3n) is 4.62. The number of thioether (sulfide) groups is 2. The highest BCUT2D eigenvalue weighted by molar-refractivity contribution is 8.07. The van der Waals surface area contributed by atoms with Crippen molar-refractivity contribution in [3.05, 3.63) is 0 Å². The van der Waals surface area contributed by atoms with E-state index in [0.717, 1.165) is 28.2 Å². The van der Waals surface area contributed by atoms with Crippen molar-refractivity contribution in [1.29, 1.82) is 0 Å². The van der Waals surface area contributed by atoms with Gasteiger partial charge >= 0.3 is 0 Å². The Hall–Kier alpha value is 0.660. The molecule has 1 rings (SSSR count). The van der Waals surface area contributed by atoms with Crippen LogP contribution in [0.5, 0.6) is 0 Å². The van der Waals surface area contributed by atoms with Crippen molar-refractivity contribution in [1.82, 2.24) is 5.32 Å². The minimum absolute atomic E-state index is 0.717. The van der Waals surface area contributed by atoms with E-state index in [4.69, 9.17) is 0 Å². The summed E-state index contributed by atoms with van der Waals surface area (Å²) in [6.45, 7) is 12.8. The van der Waals surface area contributed by atoms with Crippen LogP contribution < -0.4 is 5.32 Å². The molecule has 5 unspecified atom stereocenters. The normalized spacial score (nSPS) is 30.1. The van der Waals surface area contributed by atoms with Crippen LogP contribution in [0.4, 0.5) is 0 Å². The largest absolute Gasteiger partial charge is 0.313 e. The Kier molecular flexibility index (Phi) is 9.73. The highest BCUT2D eigenvalue weighted by Gasteiger charge is 2.31. The first kappa shape index (κ1) is 18.7. The molecule has 0 aromatic heterocycles. The lowest BCUT2D eigenvalue weighted by Gasteiger charge is -2.37. The molecule has 3 heteroatoms. The minimum atomic E-state index is 0.717. The molecule has 5 atom stereocenters. The number of rotatable bonds is 9. The van der Waals surface area contributed by atoms with Crippen LogP contribution in [0, 0.1) is 5.92 Å². The molecule has 0 aromatic carbocycles. The van der Waals surface area contributed by atoms with E-state index in [1.165, 1.54) is 37.9 Å². The fourth-order valence-corrected chi connectivity index (χ4v) is 6.13. The monoisotopic (exact) mass is 317 g/mol. The molecule has 1 aliphatic heterocycles. The molecule has 0 amide bonds. The summed E-state index contributed by atoms with van der Waals surface area (Å²) in [6.07, 6.45) is 6.88. The average molecular weight is 318 g/mol. The van der Waals surface area contributed by atoms with Gasteiger partial charge in [0.15, 0.2) is 0 Å². The highest BCUT2D eigenvalue weighted by Crippen LogP contribution is 2.38. The van der Waals surface area contributed by atoms with Crippen molar-refractivity contribution >= 4 is 23.5 Å². The Balaban J connectivity index is 2.53. The van der Waals surface area contributed by atoms with Gasteiger partial charge in [0.25, 0.3) is 0 Å². The zero-order chi connectivity index (χ0) is 15.0. The molecule has 1 saturated heterocycles. The second-order valence-electron chi connectivity index (χ2n) is 6.23. The van der Waals surface area contributed by atoms with E-state index in [1.54, 1.807) is 0 Å². The maximum atomic E-state index is 3.79. The van der Waals surface area contributed by atoms with Gasteiger partial charge in [0.05, 0.1) is 0 Å². The van der Waals surface area contributed by atoms with Gasteiger partial charge in [0, 0.05) is 27.5 Å². The van der Waals surface area contributed by atoms with Crippen molar-refractivity contribution in [2.75, 3.05) is 12.3 Å². The molecule has 1 fully saturated rings. The van der Waals surface area contributed by atoms with E-state index in [9.17, 15) is 0 Å². The third-order valence-corrected chi connectivity index (χ3v) is 8.17. The molecule has 1 heterocycles. The molecular formula is C17H35NS2. The predicted molar refractivity (Wildman–Crippen MR) is 98.1 cm³/mol. The van der Waals surface area contributed by atoms with Gasteiger partial charge in [0.1, 0.15) is 0 Å². The van der Waals surface area contributed by atoms with Crippen LogP contribution in [0.25, 0.3) is 0 Å². The van der Waals surface area contributed by atoms with E-state index in [1.807, 2.05) is 0 Å². The summed E-state index contributed by atoms with van der Waals surface area (Å²) in [7, 11) is 0. The lowest BCUT2D eigenvalue weighted by Crippen LogP contribution is -2.44. The zero-order valence-corrected chi connectivity index (χ0v) is 15.8. The predicted octanol–water partition coefficient (Wildman–Crippen LogP) is 5.20. The molecule has 0 aliphatic carbocycles. The van der Waals surface area contributed by atoms with Gasteiger partial charge in [-0.2, -0.15) is 23.5 Å². The Bertz CT molecular complexity index is 247. The fraction of sp³-hybridized carbons (Fsp3) is 1.00. The van der Waals surface area contributed by atoms with Crippen LogP contribution in [0.2, 0.25) is 0 Å². The van der Waals surface area contributed by atoms with E-state index < -0.39 is 0 Å². The quantitative estimate of drug-likeness (QED) is 0.628. The summed E-state index contributed by atoms with van der Waals surface area (Å²) in [5, 5.41) is 6.22. The van der Waals surface area contributed by atoms with Gasteiger partial charge in [-0.1, -0.05) is 60.3 Å². The summed E-state index contributed by atoms with van der Waals surface area (Å²) in [6, 6.07) is 0.717. The minimum Gasteiger partial charge on any atom is -0.313 e. The maximum absolute atomic E-state index is 3.79. The smallest absolute Gasteiger partial charge is 0.0294 e. The first-order chi connectivity index (χ1) is 9.62. The van der Waals surface area contributed by atoms with Crippen LogP contribution in [0.15, 0.2) is 0 Å². The summed E-state index contributed by atoms with van der Waals surface area (Å²) in [5.74, 6) is 2.25. The summed E-state index contributed by atoms with van der Waals surface area (Å²) in [5.41, 5.74) is 0. The van der Waals surface area contributed by atoms with Crippen molar-refractivity contribution in [3.63, 3.8) is 0 Å². The van der Waals surface area contributed by atoms with Crippen LogP contribution in [-0.4, -0.2) is 34.1 Å². The lowest BCUT2D eigenvalue weighted by atomic mass is 9.91. The Morgan fingerprint density at radius 2 is 1.90 bits per heavy atom. The van der Waals surface area contributed by atoms with Crippen molar-refractivity contribution < 1.29 is 0 Å². The van der Waals surface area contributed by atoms with E-state index in [0.29, 0.717) is 6.04 Å². The molecule has 0 radical (unpaired) electrons. The van der Waals surface area contributed by atoms with E-state index in [-0.39, 0.29) is 0 Å². The molecule has 120 valence electrons. The maximum Gasteiger partial charge on any atom is 0.0294 e. The number of hydrogen-bond acceptors (Lipinski definition) is 3. The van der Waals surface area contributed by atoms with Gasteiger partial charge in [-0.05, 0) is 18.9 Å². The number of unbranched alkanes of at least 4 members (excludes halogenated alkanes) is 1. The average Bonchev–Trinajstić information content (AvgIpc) is 2.45. The van der Waals surface area contributed by atoms with Crippen LogP contribution >= 0.6 is 23.5 Å². The Morgan fingerprint density at radius 1 is 1.15 bits per heavy atom. The van der Waals surface area contributed by atoms with Gasteiger partial charge in [-0.15, -0.1) is 0 Å². The van der Waals surface area contributed by atoms with Gasteiger partial charge < -0.3 is 5.32 Å². The molecule has 1 nitrogen and oxygen atoms in total. The summed E-state index contributed by atoms with van der Waals surface area (Å²) < 4.78 is 0. The van der Waals surface area contributed by atoms with Gasteiger partial charge in [-0.25, -0.2) is 0 Å². The SMILES string of the molecule is CCCCC(CC)CC(NCC)C1CSC(C)C(C)S1. The number of nitrogens with one attached hydrogen (secondary N) is 1. The van der Waals surface area contributed by atoms with E-state index >= 15 is 0 Å². The molecule has 0 saturated carbocycles. The molecule has 1 N–H and O–H groups in total. The molecular weight excluding hydrogens is 282 g/mol. The van der Waals surface area contributed by atoms with Crippen LogP contribution in [0.1, 0.15) is 66.7 Å². The van der Waals surface area contributed by atoms with Gasteiger partial charge in [-0.3, -0.25) is 0 Å². The fourth-order valence-electron chi connectivity index (χ4n) is 2.99. The zero-order valence-electron chi connectivity index (χ0n) is 14.2. The first-order valence-electron chi connectivity index (χ1n) is 8.62. The first-order valence-corrected chi connectivity index (χ1v) is 10.6. The Labute approximate surface area is 135 Å². The third kappa shape index (κ3) is 6.19. The molecule has 0 aromatic rings. The molecule has 1 aliphatic rings. The molecule has 20 heavy (non-hydrogen) atoms. The summed E-state index contributed by atoms with van der Waals surface area (Å²) >= 11 is 4.42. The van der Waals surface area contributed by atoms with Crippen LogP contribution in [-0.2, 0) is 0 Å². The standard InChI is InChI=1S/C17H35NS2/c1-6-9-10-15(7-2)11-16(18-8-3)17-12-19-13(4)14(5)20-17/h13-18H,6-12H2,1-5H3.